The van der Waals surface area contributed by atoms with Crippen LogP contribution in [0, 0.1) is 6.92 Å². The van der Waals surface area contributed by atoms with E-state index in [9.17, 15) is 4.79 Å². The van der Waals surface area contributed by atoms with Crippen molar-refractivity contribution in [2.75, 3.05) is 5.32 Å². The molecule has 1 N–H and O–H groups in total. The number of anilines is 1. The summed E-state index contributed by atoms with van der Waals surface area (Å²) in [4.78, 5) is 11.3. The van der Waals surface area contributed by atoms with E-state index < -0.39 is 0 Å². The highest BCUT2D eigenvalue weighted by molar-refractivity contribution is 9.10. The van der Waals surface area contributed by atoms with E-state index in [4.69, 9.17) is 0 Å². The van der Waals surface area contributed by atoms with Crippen molar-refractivity contribution < 1.29 is 4.79 Å². The summed E-state index contributed by atoms with van der Waals surface area (Å²) in [6.45, 7) is 3.41. The summed E-state index contributed by atoms with van der Waals surface area (Å²) < 4.78 is 3.06. The van der Waals surface area contributed by atoms with Crippen molar-refractivity contribution >= 4 is 39.3 Å². The van der Waals surface area contributed by atoms with Crippen molar-refractivity contribution in [2.24, 2.45) is 0 Å². The van der Waals surface area contributed by atoms with Gasteiger partial charge in [-0.2, -0.15) is 0 Å². The van der Waals surface area contributed by atoms with Gasteiger partial charge in [0, 0.05) is 22.8 Å². The van der Waals surface area contributed by atoms with Crippen LogP contribution in [0.5, 0.6) is 0 Å². The fourth-order valence-corrected chi connectivity index (χ4v) is 3.82. The van der Waals surface area contributed by atoms with Gasteiger partial charge in [-0.05, 0) is 42.8 Å². The minimum atomic E-state index is -0.0955. The third-order valence-corrected chi connectivity index (χ3v) is 4.97. The fourth-order valence-electron chi connectivity index (χ4n) is 2.43. The summed E-state index contributed by atoms with van der Waals surface area (Å²) in [5.41, 5.74) is 2.88. The molecule has 0 spiro atoms. The zero-order valence-corrected chi connectivity index (χ0v) is 16.3. The van der Waals surface area contributed by atoms with Gasteiger partial charge in [0.15, 0.2) is 5.16 Å². The Labute approximate surface area is 159 Å². The summed E-state index contributed by atoms with van der Waals surface area (Å²) >= 11 is 5.12. The van der Waals surface area contributed by atoms with E-state index in [1.54, 1.807) is 11.8 Å². The van der Waals surface area contributed by atoms with Crippen LogP contribution in [-0.4, -0.2) is 20.7 Å². The molecule has 0 fully saturated rings. The smallest absolute Gasteiger partial charge is 0.221 e. The number of nitrogens with one attached hydrogen (secondary N) is 1. The lowest BCUT2D eigenvalue weighted by Gasteiger charge is -2.10. The highest BCUT2D eigenvalue weighted by atomic mass is 79.9. The van der Waals surface area contributed by atoms with E-state index in [1.807, 2.05) is 47.9 Å². The summed E-state index contributed by atoms with van der Waals surface area (Å²) in [6.07, 6.45) is 0. The Kier molecular flexibility index (Phi) is 5.55. The number of halogens is 1. The maximum absolute atomic E-state index is 11.3. The van der Waals surface area contributed by atoms with E-state index in [-0.39, 0.29) is 5.91 Å². The number of amides is 1. The second-order valence-electron chi connectivity index (χ2n) is 5.52. The minimum Gasteiger partial charge on any atom is -0.326 e. The van der Waals surface area contributed by atoms with Crippen molar-refractivity contribution in [2.45, 2.75) is 24.8 Å². The van der Waals surface area contributed by atoms with Gasteiger partial charge in [-0.1, -0.05) is 45.9 Å². The lowest BCUT2D eigenvalue weighted by molar-refractivity contribution is -0.114. The maximum atomic E-state index is 11.3. The Morgan fingerprint density at radius 3 is 2.76 bits per heavy atom. The molecule has 0 aliphatic rings. The van der Waals surface area contributed by atoms with Crippen LogP contribution < -0.4 is 5.32 Å². The van der Waals surface area contributed by atoms with Gasteiger partial charge in [0.2, 0.25) is 5.91 Å². The van der Waals surface area contributed by atoms with Gasteiger partial charge in [-0.15, -0.1) is 10.2 Å². The molecule has 128 valence electrons. The first kappa shape index (κ1) is 17.7. The molecule has 0 aliphatic heterocycles. The summed E-state index contributed by atoms with van der Waals surface area (Å²) in [7, 11) is 0. The molecule has 0 atom stereocenters. The number of rotatable bonds is 5. The van der Waals surface area contributed by atoms with E-state index >= 15 is 0 Å². The molecule has 3 aromatic rings. The van der Waals surface area contributed by atoms with Crippen LogP contribution in [-0.2, 0) is 10.5 Å². The molecule has 1 aromatic heterocycles. The number of benzene rings is 2. The Hall–Kier alpha value is -2.12. The van der Waals surface area contributed by atoms with Crippen LogP contribution in [0.25, 0.3) is 5.69 Å². The molecular formula is C18H17BrN4OS. The molecular weight excluding hydrogens is 400 g/mol. The second kappa shape index (κ2) is 7.84. The molecule has 0 unspecified atom stereocenters. The van der Waals surface area contributed by atoms with E-state index in [2.05, 4.69) is 43.6 Å². The zero-order chi connectivity index (χ0) is 17.8. The molecule has 25 heavy (non-hydrogen) atoms. The molecule has 1 amide bonds. The number of carbonyl (C=O) groups excluding carboxylic acids is 1. The van der Waals surface area contributed by atoms with Crippen molar-refractivity contribution in [3.05, 3.63) is 64.4 Å². The van der Waals surface area contributed by atoms with Gasteiger partial charge in [0.25, 0.3) is 0 Å². The number of thioether (sulfide) groups is 1. The monoisotopic (exact) mass is 416 g/mol. The van der Waals surface area contributed by atoms with Gasteiger partial charge in [-0.3, -0.25) is 9.36 Å². The molecule has 0 bridgehead atoms. The van der Waals surface area contributed by atoms with Gasteiger partial charge in [0.05, 0.1) is 5.69 Å². The Morgan fingerprint density at radius 1 is 1.20 bits per heavy atom. The normalized spacial score (nSPS) is 10.7. The van der Waals surface area contributed by atoms with E-state index in [0.29, 0.717) is 0 Å². The van der Waals surface area contributed by atoms with Crippen LogP contribution in [0.2, 0.25) is 0 Å². The highest BCUT2D eigenvalue weighted by Crippen LogP contribution is 2.27. The average Bonchev–Trinajstić information content (AvgIpc) is 2.93. The molecule has 3 rings (SSSR count). The molecule has 7 heteroatoms. The molecule has 1 heterocycles. The van der Waals surface area contributed by atoms with Crippen LogP contribution in [0.1, 0.15) is 18.3 Å². The molecule has 0 radical (unpaired) electrons. The number of hydrogen-bond donors (Lipinski definition) is 1. The van der Waals surface area contributed by atoms with Crippen LogP contribution >= 0.6 is 27.7 Å². The molecule has 0 saturated carbocycles. The first-order valence-electron chi connectivity index (χ1n) is 7.70. The lowest BCUT2D eigenvalue weighted by atomic mass is 10.2. The predicted molar refractivity (Wildman–Crippen MR) is 104 cm³/mol. The number of nitrogens with zero attached hydrogens (tertiary/aromatic N) is 3. The van der Waals surface area contributed by atoms with Gasteiger partial charge < -0.3 is 5.32 Å². The topological polar surface area (TPSA) is 59.8 Å². The van der Waals surface area contributed by atoms with Crippen molar-refractivity contribution in [1.82, 2.24) is 14.8 Å². The number of hydrogen-bond acceptors (Lipinski definition) is 4. The molecule has 2 aromatic carbocycles. The Balaban J connectivity index is 1.85. The second-order valence-corrected chi connectivity index (χ2v) is 7.37. The Morgan fingerprint density at radius 2 is 2.00 bits per heavy atom. The third kappa shape index (κ3) is 4.49. The first-order valence-corrected chi connectivity index (χ1v) is 9.48. The molecule has 0 aliphatic carbocycles. The zero-order valence-electron chi connectivity index (χ0n) is 13.9. The maximum Gasteiger partial charge on any atom is 0.221 e. The minimum absolute atomic E-state index is 0.0955. The lowest BCUT2D eigenvalue weighted by Crippen LogP contribution is -2.07. The molecule has 5 nitrogen and oxygen atoms in total. The molecule has 0 saturated heterocycles. The van der Waals surface area contributed by atoms with Crippen LogP contribution in [0.4, 0.5) is 5.69 Å². The number of aromatic nitrogens is 3. The van der Waals surface area contributed by atoms with Gasteiger partial charge in [0.1, 0.15) is 5.82 Å². The third-order valence-electron chi connectivity index (χ3n) is 3.48. The fraction of sp³-hybridized carbons (Fsp3) is 0.167. The highest BCUT2D eigenvalue weighted by Gasteiger charge is 2.12. The quantitative estimate of drug-likeness (QED) is 0.617. The van der Waals surface area contributed by atoms with Gasteiger partial charge >= 0.3 is 0 Å². The van der Waals surface area contributed by atoms with Crippen molar-refractivity contribution in [3.63, 3.8) is 0 Å². The standard InChI is InChI=1S/C18H17BrN4OS/c1-12-21-22-18(25-11-14-5-3-6-15(19)9-14)23(12)17-8-4-7-16(10-17)20-13(2)24/h3-10H,11H2,1-2H3,(H,20,24). The average molecular weight is 417 g/mol. The number of aryl methyl sites for hydroxylation is 1. The van der Waals surface area contributed by atoms with Crippen LogP contribution in [0.15, 0.2) is 58.2 Å². The van der Waals surface area contributed by atoms with Crippen molar-refractivity contribution in [3.8, 4) is 5.69 Å². The van der Waals surface area contributed by atoms with E-state index in [0.717, 1.165) is 32.6 Å². The summed E-state index contributed by atoms with van der Waals surface area (Å²) in [5.74, 6) is 1.50. The summed E-state index contributed by atoms with van der Waals surface area (Å²) in [6, 6.07) is 15.9. The number of carbonyl (C=O) groups is 1. The first-order chi connectivity index (χ1) is 12.0. The summed E-state index contributed by atoms with van der Waals surface area (Å²) in [5, 5.41) is 12.1. The Bertz CT molecular complexity index is 910. The van der Waals surface area contributed by atoms with Crippen molar-refractivity contribution in [1.29, 1.82) is 0 Å². The predicted octanol–water partition coefficient (Wildman–Crippen LogP) is 4.59. The van der Waals surface area contributed by atoms with Crippen LogP contribution in [0.3, 0.4) is 0 Å². The largest absolute Gasteiger partial charge is 0.326 e. The SMILES string of the molecule is CC(=O)Nc1cccc(-n2c(C)nnc2SCc2cccc(Br)c2)c1. The van der Waals surface area contributed by atoms with Gasteiger partial charge in [-0.25, -0.2) is 0 Å². The van der Waals surface area contributed by atoms with E-state index in [1.165, 1.54) is 12.5 Å².